The van der Waals surface area contributed by atoms with Crippen LogP contribution in [0, 0.1) is 0 Å². The van der Waals surface area contributed by atoms with Crippen LogP contribution in [0.3, 0.4) is 0 Å². The maximum atomic E-state index is 11.4. The van der Waals surface area contributed by atoms with Gasteiger partial charge in [-0.2, -0.15) is 0 Å². The van der Waals surface area contributed by atoms with Crippen molar-refractivity contribution in [1.82, 2.24) is 0 Å². The Balaban J connectivity index is 7.45. The van der Waals surface area contributed by atoms with Crippen molar-refractivity contribution in [1.29, 1.82) is 0 Å². The summed E-state index contributed by atoms with van der Waals surface area (Å²) in [6.45, 7) is 13.1. The van der Waals surface area contributed by atoms with Gasteiger partial charge in [-0.05, 0) is 78.6 Å². The Kier molecular flexibility index (Phi) is 7.95. The zero-order chi connectivity index (χ0) is 22.7. The van der Waals surface area contributed by atoms with Crippen molar-refractivity contribution in [2.24, 2.45) is 0 Å². The largest absolute Gasteiger partial charge is 0.457 e. The fourth-order valence-corrected chi connectivity index (χ4v) is 160. The first-order valence-corrected chi connectivity index (χ1v) is 36.7. The van der Waals surface area contributed by atoms with Gasteiger partial charge >= 0.3 is 0 Å². The van der Waals surface area contributed by atoms with Gasteiger partial charge in [0, 0.05) is 0 Å². The quantitative estimate of drug-likeness (QED) is 0.257. The monoisotopic (exact) mass is 522 g/mol. The minimum Gasteiger partial charge on any atom is -0.457 e. The predicted octanol–water partition coefficient (Wildman–Crippen LogP) is 0.549. The lowest BCUT2D eigenvalue weighted by Gasteiger charge is -2.61. The molecule has 164 valence electrons. The van der Waals surface area contributed by atoms with Crippen LogP contribution >= 0.6 is 0 Å². The summed E-state index contributed by atoms with van der Waals surface area (Å²) in [5.74, 6) is 0. The molecule has 0 radical (unpaired) electrons. The summed E-state index contributed by atoms with van der Waals surface area (Å²) in [5, 5.41) is 0. The maximum Gasteiger partial charge on any atom is 0.235 e. The van der Waals surface area contributed by atoms with Crippen LogP contribution in [0.25, 0.3) is 0 Å². The summed E-state index contributed by atoms with van der Waals surface area (Å²) in [5.41, 5.74) is 0. The Bertz CT molecular complexity index is 411. The van der Waals surface area contributed by atoms with Gasteiger partial charge in [-0.15, -0.1) is 0 Å². The van der Waals surface area contributed by atoms with Gasteiger partial charge in [-0.25, -0.2) is 0 Å². The Labute approximate surface area is 171 Å². The average Bonchev–Trinajstić information content (AvgIpc) is 2.16. The second-order valence-electron chi connectivity index (χ2n) is 10.8. The molecule has 0 saturated carbocycles. The molecule has 0 bridgehead atoms. The molecule has 0 aromatic rings. The first-order valence-electron chi connectivity index (χ1n) is 9.25. The van der Waals surface area contributed by atoms with Crippen LogP contribution in [-0.2, 0) is 4.12 Å². The van der Waals surface area contributed by atoms with Gasteiger partial charge in [0.05, 0.1) is 0 Å². The van der Waals surface area contributed by atoms with E-state index in [1.807, 2.05) is 0 Å². The SMILES string of the molecule is C[Si](C)(O)[Si](O[Si]([Si](C)(C)O)([Si](C)(C)O)[Si](C)(C)O)([Si](C)(C)O)[Si](C)(C)O. The molecule has 0 aliphatic carbocycles. The molecule has 0 unspecified atom stereocenters. The van der Waals surface area contributed by atoms with Crippen molar-refractivity contribution in [3.63, 3.8) is 0 Å². The van der Waals surface area contributed by atoms with Crippen LogP contribution in [0.4, 0.5) is 0 Å². The molecular formula is C12H42O7Si8. The lowest BCUT2D eigenvalue weighted by atomic mass is 11.9. The van der Waals surface area contributed by atoms with E-state index in [-0.39, 0.29) is 0 Å². The molecule has 0 aliphatic heterocycles. The highest BCUT2D eigenvalue weighted by atomic mass is 30.0. The van der Waals surface area contributed by atoms with Gasteiger partial charge in [-0.1, -0.05) is 0 Å². The lowest BCUT2D eigenvalue weighted by molar-refractivity contribution is 0.478. The normalized spacial score (nSPS) is 16.7. The fraction of sp³-hybridized carbons (Fsp3) is 1.00. The van der Waals surface area contributed by atoms with Gasteiger partial charge < -0.3 is 32.9 Å². The van der Waals surface area contributed by atoms with Crippen molar-refractivity contribution in [2.45, 2.75) is 78.6 Å². The molecule has 7 nitrogen and oxygen atoms in total. The number of hydrogen-bond acceptors (Lipinski definition) is 7. The Morgan fingerprint density at radius 2 is 0.444 bits per heavy atom. The first kappa shape index (κ1) is 28.5. The molecule has 0 aromatic heterocycles. The molecule has 0 atom stereocenters. The van der Waals surface area contributed by atoms with E-state index < -0.39 is 60.7 Å². The lowest BCUT2D eigenvalue weighted by Crippen LogP contribution is -2.96. The van der Waals surface area contributed by atoms with Crippen molar-refractivity contribution in [3.8, 4) is 0 Å². The molecule has 27 heavy (non-hydrogen) atoms. The van der Waals surface area contributed by atoms with Gasteiger partial charge in [0.25, 0.3) is 0 Å². The topological polar surface area (TPSA) is 131 Å². The average molecular weight is 523 g/mol. The van der Waals surface area contributed by atoms with Crippen LogP contribution in [0.1, 0.15) is 0 Å². The molecule has 0 amide bonds. The van der Waals surface area contributed by atoms with Crippen molar-refractivity contribution in [3.05, 3.63) is 0 Å². The van der Waals surface area contributed by atoms with Gasteiger partial charge in [0.1, 0.15) is 0 Å². The Hall–Kier alpha value is 1.46. The standard InChI is InChI=1S/C12H42O7Si8/c1-20(2,13)26(21(3,4)14,22(5,6)15)19-27(23(7,8)16,24(9,10)17)25(11,12)18/h13-18H,1-12H3. The summed E-state index contributed by atoms with van der Waals surface area (Å²) in [6.07, 6.45) is 0. The third-order valence-electron chi connectivity index (χ3n) is 5.48. The van der Waals surface area contributed by atoms with Crippen LogP contribution < -0.4 is 0 Å². The van der Waals surface area contributed by atoms with Crippen molar-refractivity contribution < 1.29 is 32.9 Å². The molecule has 0 rings (SSSR count). The first-order chi connectivity index (χ1) is 11.2. The molecule has 0 aliphatic rings. The van der Waals surface area contributed by atoms with Crippen LogP contribution in [0.5, 0.6) is 0 Å². The van der Waals surface area contributed by atoms with E-state index in [2.05, 4.69) is 0 Å². The number of rotatable bonds is 8. The van der Waals surface area contributed by atoms with E-state index in [1.165, 1.54) is 0 Å². The molecular weight excluding hydrogens is 481 g/mol. The highest BCUT2D eigenvalue weighted by molar-refractivity contribution is 7.91. The summed E-state index contributed by atoms with van der Waals surface area (Å²) < 4.78 is 6.96. The molecule has 0 heterocycles. The third kappa shape index (κ3) is 4.71. The Morgan fingerprint density at radius 3 is 0.519 bits per heavy atom. The van der Waals surface area contributed by atoms with Crippen molar-refractivity contribution in [2.75, 3.05) is 0 Å². The minimum atomic E-state index is -3.60. The molecule has 0 saturated heterocycles. The Morgan fingerprint density at radius 1 is 0.333 bits per heavy atom. The van der Waals surface area contributed by atoms with Crippen LogP contribution in [-0.4, -0.2) is 89.5 Å². The fourth-order valence-electron chi connectivity index (χ4n) is 5.47. The van der Waals surface area contributed by atoms with Crippen LogP contribution in [0.15, 0.2) is 0 Å². The second kappa shape index (κ2) is 7.55. The molecule has 15 heteroatoms. The third-order valence-corrected chi connectivity index (χ3v) is 121. The van der Waals surface area contributed by atoms with E-state index in [0.717, 1.165) is 0 Å². The zero-order valence-corrected chi connectivity index (χ0v) is 27.1. The summed E-state index contributed by atoms with van der Waals surface area (Å²) in [4.78, 5) is 68.5. The summed E-state index contributed by atoms with van der Waals surface area (Å²) in [7, 11) is -19.5. The molecule has 0 aromatic carbocycles. The highest BCUT2D eigenvalue weighted by Gasteiger charge is 2.79. The minimum absolute atomic E-state index is 1.69. The van der Waals surface area contributed by atoms with E-state index in [1.54, 1.807) is 78.6 Å². The van der Waals surface area contributed by atoms with Gasteiger partial charge in [0.15, 0.2) is 47.0 Å². The smallest absolute Gasteiger partial charge is 0.235 e. The molecule has 6 N–H and O–H groups in total. The predicted molar refractivity (Wildman–Crippen MR) is 131 cm³/mol. The summed E-state index contributed by atoms with van der Waals surface area (Å²) in [6, 6.07) is 0. The maximum absolute atomic E-state index is 11.4. The second-order valence-corrected chi connectivity index (χ2v) is 76.8. The highest BCUT2D eigenvalue weighted by Crippen LogP contribution is 2.43. The summed E-state index contributed by atoms with van der Waals surface area (Å²) >= 11 is 0. The zero-order valence-electron chi connectivity index (χ0n) is 19.1. The van der Waals surface area contributed by atoms with Gasteiger partial charge in [-0.3, -0.25) is 0 Å². The number of hydrogen-bond donors (Lipinski definition) is 6. The van der Waals surface area contributed by atoms with E-state index in [4.69, 9.17) is 4.12 Å². The molecule has 0 fully saturated rings. The van der Waals surface area contributed by atoms with Crippen molar-refractivity contribution >= 4 is 60.7 Å². The van der Waals surface area contributed by atoms with E-state index in [0.29, 0.717) is 0 Å². The van der Waals surface area contributed by atoms with E-state index >= 15 is 0 Å². The van der Waals surface area contributed by atoms with Gasteiger partial charge in [0.2, 0.25) is 13.7 Å². The van der Waals surface area contributed by atoms with Crippen LogP contribution in [0.2, 0.25) is 78.6 Å². The van der Waals surface area contributed by atoms with E-state index in [9.17, 15) is 28.8 Å². The molecule has 0 spiro atoms.